The molecule has 18 heavy (non-hydrogen) atoms. The SMILES string of the molecule is CC(C)CCSc1ccc(C=O)c(C(F)(F)F)c1. The van der Waals surface area contributed by atoms with Crippen LogP contribution in [0.1, 0.15) is 36.2 Å². The van der Waals surface area contributed by atoms with E-state index in [1.165, 1.54) is 17.8 Å². The summed E-state index contributed by atoms with van der Waals surface area (Å²) in [7, 11) is 0. The standard InChI is InChI=1S/C13H15F3OS/c1-9(2)5-6-18-11-4-3-10(8-17)12(7-11)13(14,15)16/h3-4,7-9H,5-6H2,1-2H3. The van der Waals surface area contributed by atoms with Gasteiger partial charge in [0.25, 0.3) is 0 Å². The molecule has 0 unspecified atom stereocenters. The lowest BCUT2D eigenvalue weighted by molar-refractivity contribution is -0.138. The number of benzene rings is 1. The van der Waals surface area contributed by atoms with Gasteiger partial charge in [0.05, 0.1) is 5.56 Å². The van der Waals surface area contributed by atoms with E-state index >= 15 is 0 Å². The highest BCUT2D eigenvalue weighted by atomic mass is 32.2. The van der Waals surface area contributed by atoms with Crippen molar-refractivity contribution in [3.05, 3.63) is 29.3 Å². The molecule has 100 valence electrons. The summed E-state index contributed by atoms with van der Waals surface area (Å²) in [5, 5.41) is 0. The van der Waals surface area contributed by atoms with Gasteiger partial charge in [0.1, 0.15) is 0 Å². The number of alkyl halides is 3. The predicted octanol–water partition coefficient (Wildman–Crippen LogP) is 4.66. The third kappa shape index (κ3) is 4.37. The van der Waals surface area contributed by atoms with Crippen molar-refractivity contribution in [3.63, 3.8) is 0 Å². The molecule has 1 nitrogen and oxygen atoms in total. The second-order valence-corrected chi connectivity index (χ2v) is 5.56. The topological polar surface area (TPSA) is 17.1 Å². The molecule has 0 heterocycles. The number of carbonyl (C=O) groups excluding carboxylic acids is 1. The number of halogens is 3. The van der Waals surface area contributed by atoms with Crippen LogP contribution in [0, 0.1) is 5.92 Å². The number of rotatable bonds is 5. The lowest BCUT2D eigenvalue weighted by Crippen LogP contribution is -2.09. The van der Waals surface area contributed by atoms with Crippen LogP contribution in [0.5, 0.6) is 0 Å². The molecular weight excluding hydrogens is 261 g/mol. The molecule has 0 aliphatic rings. The Morgan fingerprint density at radius 3 is 2.50 bits per heavy atom. The summed E-state index contributed by atoms with van der Waals surface area (Å²) in [4.78, 5) is 11.1. The van der Waals surface area contributed by atoms with Crippen molar-refractivity contribution in [1.82, 2.24) is 0 Å². The van der Waals surface area contributed by atoms with Crippen LogP contribution in [0.3, 0.4) is 0 Å². The zero-order valence-corrected chi connectivity index (χ0v) is 11.1. The van der Waals surface area contributed by atoms with Gasteiger partial charge in [-0.15, -0.1) is 11.8 Å². The molecule has 0 N–H and O–H groups in total. The van der Waals surface area contributed by atoms with Gasteiger partial charge in [0, 0.05) is 10.5 Å². The highest BCUT2D eigenvalue weighted by Gasteiger charge is 2.33. The summed E-state index contributed by atoms with van der Waals surface area (Å²) in [5.41, 5.74) is -1.16. The number of hydrogen-bond acceptors (Lipinski definition) is 2. The van der Waals surface area contributed by atoms with Gasteiger partial charge in [-0.2, -0.15) is 13.2 Å². The van der Waals surface area contributed by atoms with Crippen LogP contribution in [0.25, 0.3) is 0 Å². The van der Waals surface area contributed by atoms with Crippen molar-refractivity contribution in [2.75, 3.05) is 5.75 Å². The van der Waals surface area contributed by atoms with Crippen LogP contribution in [0.15, 0.2) is 23.1 Å². The molecule has 0 spiro atoms. The van der Waals surface area contributed by atoms with Crippen LogP contribution in [0.4, 0.5) is 13.2 Å². The van der Waals surface area contributed by atoms with Crippen LogP contribution < -0.4 is 0 Å². The summed E-state index contributed by atoms with van der Waals surface area (Å²) in [6.07, 6.45) is -3.29. The Morgan fingerprint density at radius 1 is 1.33 bits per heavy atom. The van der Waals surface area contributed by atoms with Gasteiger partial charge >= 0.3 is 6.18 Å². The van der Waals surface area contributed by atoms with Crippen molar-refractivity contribution in [1.29, 1.82) is 0 Å². The van der Waals surface area contributed by atoms with E-state index in [1.54, 1.807) is 6.07 Å². The maximum absolute atomic E-state index is 12.7. The first-order valence-corrected chi connectivity index (χ1v) is 6.62. The van der Waals surface area contributed by atoms with Gasteiger partial charge in [0.2, 0.25) is 0 Å². The number of carbonyl (C=O) groups is 1. The van der Waals surface area contributed by atoms with E-state index in [4.69, 9.17) is 0 Å². The van der Waals surface area contributed by atoms with Crippen molar-refractivity contribution >= 4 is 18.0 Å². The highest BCUT2D eigenvalue weighted by Crippen LogP contribution is 2.34. The van der Waals surface area contributed by atoms with Crippen molar-refractivity contribution < 1.29 is 18.0 Å². The zero-order valence-electron chi connectivity index (χ0n) is 10.3. The number of hydrogen-bond donors (Lipinski definition) is 0. The number of thioether (sulfide) groups is 1. The minimum absolute atomic E-state index is 0.241. The van der Waals surface area contributed by atoms with Crippen molar-refractivity contribution in [2.45, 2.75) is 31.3 Å². The molecule has 0 saturated carbocycles. The molecule has 0 saturated heterocycles. The molecule has 0 bridgehead atoms. The molecule has 0 radical (unpaired) electrons. The smallest absolute Gasteiger partial charge is 0.298 e. The second-order valence-electron chi connectivity index (χ2n) is 4.40. The van der Waals surface area contributed by atoms with Gasteiger partial charge in [-0.3, -0.25) is 4.79 Å². The lowest BCUT2D eigenvalue weighted by atomic mass is 10.1. The molecule has 1 aromatic rings. The highest BCUT2D eigenvalue weighted by molar-refractivity contribution is 7.99. The summed E-state index contributed by atoms with van der Waals surface area (Å²) in [6.45, 7) is 4.13. The van der Waals surface area contributed by atoms with Gasteiger partial charge in [-0.25, -0.2) is 0 Å². The molecular formula is C13H15F3OS. The van der Waals surface area contributed by atoms with Gasteiger partial charge in [-0.05, 0) is 36.3 Å². The normalized spacial score (nSPS) is 11.9. The Morgan fingerprint density at radius 2 is 2.00 bits per heavy atom. The van der Waals surface area contributed by atoms with Crippen LogP contribution in [-0.4, -0.2) is 12.0 Å². The monoisotopic (exact) mass is 276 g/mol. The summed E-state index contributed by atoms with van der Waals surface area (Å²) in [5.74, 6) is 1.30. The quantitative estimate of drug-likeness (QED) is 0.575. The Kier molecular flexibility index (Phi) is 5.26. The molecule has 1 rings (SSSR count). The van der Waals surface area contributed by atoms with Crippen molar-refractivity contribution in [2.24, 2.45) is 5.92 Å². The molecule has 1 aromatic carbocycles. The Labute approximate surface area is 109 Å². The van der Waals surface area contributed by atoms with Gasteiger partial charge in [-0.1, -0.05) is 13.8 Å². The molecule has 5 heteroatoms. The fourth-order valence-electron chi connectivity index (χ4n) is 1.39. The predicted molar refractivity (Wildman–Crippen MR) is 67.0 cm³/mol. The Hall–Kier alpha value is -0.970. The van der Waals surface area contributed by atoms with E-state index in [2.05, 4.69) is 13.8 Å². The molecule has 0 aliphatic carbocycles. The first-order chi connectivity index (χ1) is 8.34. The first-order valence-electron chi connectivity index (χ1n) is 5.64. The fraction of sp³-hybridized carbons (Fsp3) is 0.462. The minimum Gasteiger partial charge on any atom is -0.298 e. The largest absolute Gasteiger partial charge is 0.417 e. The number of aldehydes is 1. The summed E-state index contributed by atoms with van der Waals surface area (Å²) < 4.78 is 38.1. The molecule has 0 atom stereocenters. The van der Waals surface area contributed by atoms with Gasteiger partial charge in [0.15, 0.2) is 6.29 Å². The van der Waals surface area contributed by atoms with Crippen LogP contribution >= 0.6 is 11.8 Å². The Balaban J connectivity index is 2.86. The zero-order chi connectivity index (χ0) is 13.8. The van der Waals surface area contributed by atoms with E-state index in [9.17, 15) is 18.0 Å². The average molecular weight is 276 g/mol. The lowest BCUT2D eigenvalue weighted by Gasteiger charge is -2.11. The average Bonchev–Trinajstić information content (AvgIpc) is 2.27. The maximum atomic E-state index is 12.7. The molecule has 0 fully saturated rings. The molecule has 0 amide bonds. The third-order valence-electron chi connectivity index (χ3n) is 2.42. The van der Waals surface area contributed by atoms with Gasteiger partial charge < -0.3 is 0 Å². The van der Waals surface area contributed by atoms with E-state index in [0.717, 1.165) is 18.2 Å². The van der Waals surface area contributed by atoms with Crippen molar-refractivity contribution in [3.8, 4) is 0 Å². The Bertz CT molecular complexity index is 413. The maximum Gasteiger partial charge on any atom is 0.417 e. The van der Waals surface area contributed by atoms with Crippen LogP contribution in [0.2, 0.25) is 0 Å². The van der Waals surface area contributed by atoms with E-state index < -0.39 is 11.7 Å². The van der Waals surface area contributed by atoms with E-state index in [-0.39, 0.29) is 11.8 Å². The van der Waals surface area contributed by atoms with Crippen LogP contribution in [-0.2, 0) is 6.18 Å². The second kappa shape index (κ2) is 6.27. The minimum atomic E-state index is -4.48. The summed E-state index contributed by atoms with van der Waals surface area (Å²) in [6, 6.07) is 3.84. The summed E-state index contributed by atoms with van der Waals surface area (Å²) >= 11 is 1.38. The molecule has 0 aromatic heterocycles. The van der Waals surface area contributed by atoms with E-state index in [1.807, 2.05) is 0 Å². The fourth-order valence-corrected chi connectivity index (χ4v) is 2.58. The third-order valence-corrected chi connectivity index (χ3v) is 3.45. The van der Waals surface area contributed by atoms with E-state index in [0.29, 0.717) is 10.8 Å². The molecule has 0 aliphatic heterocycles. The first kappa shape index (κ1) is 15.1.